The highest BCUT2D eigenvalue weighted by molar-refractivity contribution is 9.10. The van der Waals surface area contributed by atoms with E-state index in [0.29, 0.717) is 12.2 Å². The molecule has 3 nitrogen and oxygen atoms in total. The first-order valence-electron chi connectivity index (χ1n) is 6.85. The molecule has 0 bridgehead atoms. The van der Waals surface area contributed by atoms with Gasteiger partial charge in [-0.05, 0) is 42.3 Å². The number of phenolic OH excluding ortho intramolecular Hbond substituents is 1. The maximum absolute atomic E-state index is 10.0. The first kappa shape index (κ1) is 15.4. The number of anilines is 1. The van der Waals surface area contributed by atoms with Gasteiger partial charge in [-0.1, -0.05) is 35.0 Å². The molecule has 4 heteroatoms. The van der Waals surface area contributed by atoms with Crippen LogP contribution in [0.25, 0.3) is 0 Å². The van der Waals surface area contributed by atoms with Gasteiger partial charge in [0, 0.05) is 15.7 Å². The molecular weight excluding hydrogens is 328 g/mol. The Balaban J connectivity index is 2.19. The van der Waals surface area contributed by atoms with E-state index in [-0.39, 0.29) is 6.04 Å². The van der Waals surface area contributed by atoms with Crippen LogP contribution in [-0.2, 0) is 6.42 Å². The van der Waals surface area contributed by atoms with Crippen molar-refractivity contribution in [3.05, 3.63) is 58.1 Å². The van der Waals surface area contributed by atoms with E-state index >= 15 is 0 Å². The molecule has 2 N–H and O–H groups in total. The van der Waals surface area contributed by atoms with Crippen molar-refractivity contribution in [3.8, 4) is 11.8 Å². The zero-order chi connectivity index (χ0) is 15.2. The Morgan fingerprint density at radius 3 is 2.57 bits per heavy atom. The Kier molecular flexibility index (Phi) is 5.24. The Bertz CT molecular complexity index is 647. The van der Waals surface area contributed by atoms with Gasteiger partial charge >= 0.3 is 0 Å². The van der Waals surface area contributed by atoms with Crippen molar-refractivity contribution < 1.29 is 5.11 Å². The summed E-state index contributed by atoms with van der Waals surface area (Å²) in [7, 11) is 0. The number of benzene rings is 2. The number of aromatic hydroxyl groups is 1. The predicted molar refractivity (Wildman–Crippen MR) is 88.2 cm³/mol. The number of halogens is 1. The first-order chi connectivity index (χ1) is 10.1. The van der Waals surface area contributed by atoms with Crippen molar-refractivity contribution in [2.75, 3.05) is 5.32 Å². The second kappa shape index (κ2) is 7.14. The van der Waals surface area contributed by atoms with Crippen molar-refractivity contribution in [1.29, 1.82) is 5.26 Å². The third kappa shape index (κ3) is 3.99. The van der Waals surface area contributed by atoms with Gasteiger partial charge in [0.1, 0.15) is 5.75 Å². The van der Waals surface area contributed by atoms with E-state index in [1.54, 1.807) is 6.07 Å². The van der Waals surface area contributed by atoms with Crippen molar-refractivity contribution >= 4 is 21.6 Å². The van der Waals surface area contributed by atoms with E-state index in [2.05, 4.69) is 34.2 Å². The minimum absolute atomic E-state index is 0.0318. The molecule has 0 fully saturated rings. The fourth-order valence-electron chi connectivity index (χ4n) is 2.22. The molecule has 0 saturated heterocycles. The summed E-state index contributed by atoms with van der Waals surface area (Å²) in [4.78, 5) is 0. The summed E-state index contributed by atoms with van der Waals surface area (Å²) >= 11 is 3.44. The summed E-state index contributed by atoms with van der Waals surface area (Å²) in [5.41, 5.74) is 2.84. The Labute approximate surface area is 133 Å². The van der Waals surface area contributed by atoms with Gasteiger partial charge in [0.05, 0.1) is 18.5 Å². The SMILES string of the molecule is CCC(Nc1ccc(CC#N)cc1)c1cc(Br)ccc1O. The number of hydrogen-bond donors (Lipinski definition) is 2. The second-order valence-corrected chi connectivity index (χ2v) is 5.76. The molecule has 0 saturated carbocycles. The lowest BCUT2D eigenvalue weighted by Gasteiger charge is -2.20. The van der Waals surface area contributed by atoms with E-state index in [4.69, 9.17) is 5.26 Å². The molecule has 0 aliphatic rings. The highest BCUT2D eigenvalue weighted by atomic mass is 79.9. The molecular formula is C17H17BrN2O. The van der Waals surface area contributed by atoms with Gasteiger partial charge in [0.2, 0.25) is 0 Å². The van der Waals surface area contributed by atoms with Crippen LogP contribution >= 0.6 is 15.9 Å². The molecule has 0 aliphatic heterocycles. The zero-order valence-corrected chi connectivity index (χ0v) is 13.4. The summed E-state index contributed by atoms with van der Waals surface area (Å²) in [5, 5.41) is 22.1. The zero-order valence-electron chi connectivity index (χ0n) is 11.8. The lowest BCUT2D eigenvalue weighted by Crippen LogP contribution is -2.10. The molecule has 2 aromatic rings. The molecule has 0 heterocycles. The fraction of sp³-hybridized carbons (Fsp3) is 0.235. The van der Waals surface area contributed by atoms with Crippen molar-refractivity contribution in [3.63, 3.8) is 0 Å². The van der Waals surface area contributed by atoms with E-state index in [0.717, 1.165) is 27.7 Å². The summed E-state index contributed by atoms with van der Waals surface area (Å²) in [6, 6.07) is 15.4. The van der Waals surface area contributed by atoms with E-state index < -0.39 is 0 Å². The average molecular weight is 345 g/mol. The minimum atomic E-state index is 0.0318. The van der Waals surface area contributed by atoms with Crippen LogP contribution in [0, 0.1) is 11.3 Å². The number of nitriles is 1. The second-order valence-electron chi connectivity index (χ2n) is 4.84. The molecule has 0 amide bonds. The number of hydrogen-bond acceptors (Lipinski definition) is 3. The van der Waals surface area contributed by atoms with Crippen LogP contribution in [0.3, 0.4) is 0 Å². The number of nitrogens with one attached hydrogen (secondary N) is 1. The third-order valence-corrected chi connectivity index (χ3v) is 3.84. The molecule has 2 aromatic carbocycles. The van der Waals surface area contributed by atoms with Crippen LogP contribution in [0.5, 0.6) is 5.75 Å². The number of rotatable bonds is 5. The van der Waals surface area contributed by atoms with Gasteiger partial charge in [0.15, 0.2) is 0 Å². The van der Waals surface area contributed by atoms with E-state index in [9.17, 15) is 5.11 Å². The standard InChI is InChI=1S/C17H17BrN2O/c1-2-16(15-11-13(18)5-8-17(15)21)20-14-6-3-12(4-7-14)9-10-19/h3-8,11,16,20-21H,2,9H2,1H3. The normalized spacial score (nSPS) is 11.7. The topological polar surface area (TPSA) is 56.0 Å². The first-order valence-corrected chi connectivity index (χ1v) is 7.64. The van der Waals surface area contributed by atoms with Crippen LogP contribution in [0.1, 0.15) is 30.5 Å². The molecule has 1 unspecified atom stereocenters. The summed E-state index contributed by atoms with van der Waals surface area (Å²) in [5.74, 6) is 0.290. The van der Waals surface area contributed by atoms with Crippen molar-refractivity contribution in [2.24, 2.45) is 0 Å². The maximum atomic E-state index is 10.0. The van der Waals surface area contributed by atoms with Crippen LogP contribution in [-0.4, -0.2) is 5.11 Å². The quantitative estimate of drug-likeness (QED) is 0.820. The molecule has 0 radical (unpaired) electrons. The largest absolute Gasteiger partial charge is 0.508 e. The van der Waals surface area contributed by atoms with E-state index in [1.807, 2.05) is 36.4 Å². The monoisotopic (exact) mass is 344 g/mol. The molecule has 0 aromatic heterocycles. The van der Waals surface area contributed by atoms with Gasteiger partial charge in [0.25, 0.3) is 0 Å². The molecule has 0 aliphatic carbocycles. The predicted octanol–water partition coefficient (Wildman–Crippen LogP) is 4.78. The minimum Gasteiger partial charge on any atom is -0.508 e. The lowest BCUT2D eigenvalue weighted by molar-refractivity contribution is 0.462. The smallest absolute Gasteiger partial charge is 0.120 e. The molecule has 108 valence electrons. The summed E-state index contributed by atoms with van der Waals surface area (Å²) < 4.78 is 0.944. The van der Waals surface area contributed by atoms with Crippen LogP contribution in [0.4, 0.5) is 5.69 Å². The van der Waals surface area contributed by atoms with Crippen LogP contribution in [0.2, 0.25) is 0 Å². The summed E-state index contributed by atoms with van der Waals surface area (Å²) in [6.07, 6.45) is 1.27. The maximum Gasteiger partial charge on any atom is 0.120 e. The summed E-state index contributed by atoms with van der Waals surface area (Å²) in [6.45, 7) is 2.07. The fourth-order valence-corrected chi connectivity index (χ4v) is 2.59. The van der Waals surface area contributed by atoms with Crippen molar-refractivity contribution in [2.45, 2.75) is 25.8 Å². The highest BCUT2D eigenvalue weighted by Crippen LogP contribution is 2.31. The van der Waals surface area contributed by atoms with E-state index in [1.165, 1.54) is 0 Å². The van der Waals surface area contributed by atoms with Gasteiger partial charge in [-0.15, -0.1) is 0 Å². The van der Waals surface area contributed by atoms with Crippen molar-refractivity contribution in [1.82, 2.24) is 0 Å². The average Bonchev–Trinajstić information content (AvgIpc) is 2.49. The molecule has 2 rings (SSSR count). The van der Waals surface area contributed by atoms with Crippen LogP contribution < -0.4 is 5.32 Å². The highest BCUT2D eigenvalue weighted by Gasteiger charge is 2.14. The molecule has 21 heavy (non-hydrogen) atoms. The third-order valence-electron chi connectivity index (χ3n) is 3.35. The Morgan fingerprint density at radius 2 is 1.95 bits per heavy atom. The van der Waals surface area contributed by atoms with Crippen LogP contribution in [0.15, 0.2) is 46.9 Å². The number of phenols is 1. The molecule has 0 spiro atoms. The van der Waals surface area contributed by atoms with Gasteiger partial charge < -0.3 is 10.4 Å². The van der Waals surface area contributed by atoms with Gasteiger partial charge in [-0.25, -0.2) is 0 Å². The van der Waals surface area contributed by atoms with Gasteiger partial charge in [-0.2, -0.15) is 5.26 Å². The lowest BCUT2D eigenvalue weighted by atomic mass is 10.0. The number of nitrogens with zero attached hydrogens (tertiary/aromatic N) is 1. The Morgan fingerprint density at radius 1 is 1.24 bits per heavy atom. The molecule has 1 atom stereocenters. The Hall–Kier alpha value is -1.99. The van der Waals surface area contributed by atoms with Gasteiger partial charge in [-0.3, -0.25) is 0 Å².